The van der Waals surface area contributed by atoms with Crippen molar-refractivity contribution in [2.24, 2.45) is 4.99 Å². The lowest BCUT2D eigenvalue weighted by atomic mass is 9.94. The lowest BCUT2D eigenvalue weighted by Gasteiger charge is -2.32. The van der Waals surface area contributed by atoms with Crippen molar-refractivity contribution >= 4 is 28.6 Å². The summed E-state index contributed by atoms with van der Waals surface area (Å²) in [6.07, 6.45) is 8.94. The number of aromatic nitrogens is 1. The van der Waals surface area contributed by atoms with Crippen LogP contribution in [0.5, 0.6) is 0 Å². The molecule has 0 bridgehead atoms. The van der Waals surface area contributed by atoms with Gasteiger partial charge in [0, 0.05) is 36.6 Å². The summed E-state index contributed by atoms with van der Waals surface area (Å²) in [5.74, 6) is 1.90. The minimum Gasteiger partial charge on any atom is -0.365 e. The number of allylic oxidation sites excluding steroid dienone is 2. The summed E-state index contributed by atoms with van der Waals surface area (Å²) in [5, 5.41) is 3.54. The predicted molar refractivity (Wildman–Crippen MR) is 133 cm³/mol. The van der Waals surface area contributed by atoms with Crippen LogP contribution in [0, 0.1) is 13.8 Å². The maximum atomic E-state index is 5.16. The van der Waals surface area contributed by atoms with E-state index >= 15 is 0 Å². The minimum atomic E-state index is 0.646. The number of aryl methyl sites for hydroxylation is 2. The van der Waals surface area contributed by atoms with E-state index in [9.17, 15) is 0 Å². The Kier molecular flexibility index (Phi) is 5.81. The van der Waals surface area contributed by atoms with Crippen LogP contribution in [0.25, 0.3) is 11.3 Å². The summed E-state index contributed by atoms with van der Waals surface area (Å²) in [6, 6.07) is 6.54. The molecular formula is C27H32N4. The van der Waals surface area contributed by atoms with E-state index in [1.165, 1.54) is 24.0 Å². The Morgan fingerprint density at radius 2 is 1.97 bits per heavy atom. The molecule has 0 radical (unpaired) electrons. The number of nitrogens with zero attached hydrogens (tertiary/aromatic N) is 3. The van der Waals surface area contributed by atoms with Gasteiger partial charge in [-0.25, -0.2) is 9.98 Å². The number of pyridine rings is 1. The highest BCUT2D eigenvalue weighted by Crippen LogP contribution is 2.39. The molecule has 0 saturated carbocycles. The lowest BCUT2D eigenvalue weighted by molar-refractivity contribution is 0.671. The van der Waals surface area contributed by atoms with Gasteiger partial charge in [0.15, 0.2) is 0 Å². The number of aliphatic imine (C=N–C) groups is 1. The zero-order chi connectivity index (χ0) is 22.1. The number of anilines is 1. The van der Waals surface area contributed by atoms with E-state index in [1.54, 1.807) is 0 Å². The quantitative estimate of drug-likeness (QED) is 0.588. The Balaban J connectivity index is 1.73. The second-order valence-corrected chi connectivity index (χ2v) is 8.78. The van der Waals surface area contributed by atoms with Gasteiger partial charge >= 0.3 is 0 Å². The molecule has 2 aromatic rings. The van der Waals surface area contributed by atoms with Gasteiger partial charge in [-0.2, -0.15) is 0 Å². The molecule has 2 aliphatic rings. The molecule has 31 heavy (non-hydrogen) atoms. The summed E-state index contributed by atoms with van der Waals surface area (Å²) in [7, 11) is 2.08. The summed E-state index contributed by atoms with van der Waals surface area (Å²) in [5.41, 5.74) is 10.0. The molecular weight excluding hydrogens is 380 g/mol. The molecule has 1 aromatic heterocycles. The van der Waals surface area contributed by atoms with Crippen LogP contribution >= 0.6 is 0 Å². The fraction of sp³-hybridized carbons (Fsp3) is 0.333. The number of benzene rings is 1. The maximum Gasteiger partial charge on any atom is 0.136 e. The average molecular weight is 413 g/mol. The Morgan fingerprint density at radius 3 is 2.68 bits per heavy atom. The van der Waals surface area contributed by atoms with E-state index in [0.717, 1.165) is 63.7 Å². The number of rotatable bonds is 5. The van der Waals surface area contributed by atoms with Crippen LogP contribution < -0.4 is 5.32 Å². The smallest absolute Gasteiger partial charge is 0.136 e. The first-order chi connectivity index (χ1) is 14.8. The molecule has 0 spiro atoms. The van der Waals surface area contributed by atoms with Crippen molar-refractivity contribution in [3.8, 4) is 0 Å². The molecule has 1 N–H and O–H groups in total. The normalized spacial score (nSPS) is 15.9. The molecule has 0 amide bonds. The van der Waals surface area contributed by atoms with Crippen molar-refractivity contribution in [3.05, 3.63) is 77.0 Å². The van der Waals surface area contributed by atoms with Gasteiger partial charge in [0.2, 0.25) is 0 Å². The Bertz CT molecular complexity index is 1120. The maximum absolute atomic E-state index is 5.16. The second-order valence-electron chi connectivity index (χ2n) is 8.78. The molecule has 160 valence electrons. The monoisotopic (exact) mass is 412 g/mol. The van der Waals surface area contributed by atoms with E-state index < -0.39 is 0 Å². The standard InChI is InChI=1S/C27H32N4/c1-17(2)23-14-19(4)15-28-26(23)29-16-22-12-18(3)13-24-20(5)31(6)27(30-25(22)24)21-10-8-7-9-11-21/h10,12-15H,1,5,7-9,11,16H2,2-4,6H3,(H,28,29). The van der Waals surface area contributed by atoms with Gasteiger partial charge in [0.1, 0.15) is 11.7 Å². The Morgan fingerprint density at radius 1 is 1.16 bits per heavy atom. The van der Waals surface area contributed by atoms with Crippen LogP contribution in [0.1, 0.15) is 60.4 Å². The second kappa shape index (κ2) is 8.54. The van der Waals surface area contributed by atoms with Crippen LogP contribution in [0.2, 0.25) is 0 Å². The first-order valence-corrected chi connectivity index (χ1v) is 11.1. The molecule has 4 rings (SSSR count). The number of nitrogens with one attached hydrogen (secondary N) is 1. The fourth-order valence-electron chi connectivity index (χ4n) is 4.37. The Hall–Kier alpha value is -3.14. The molecule has 1 aliphatic carbocycles. The highest BCUT2D eigenvalue weighted by atomic mass is 15.2. The van der Waals surface area contributed by atoms with Crippen LogP contribution in [0.4, 0.5) is 11.5 Å². The van der Waals surface area contributed by atoms with Crippen molar-refractivity contribution in [3.63, 3.8) is 0 Å². The van der Waals surface area contributed by atoms with E-state index in [1.807, 2.05) is 13.1 Å². The molecule has 4 heteroatoms. The molecule has 4 nitrogen and oxygen atoms in total. The van der Waals surface area contributed by atoms with Crippen molar-refractivity contribution in [1.82, 2.24) is 9.88 Å². The van der Waals surface area contributed by atoms with E-state index in [2.05, 4.69) is 73.5 Å². The predicted octanol–water partition coefficient (Wildman–Crippen LogP) is 6.79. The van der Waals surface area contributed by atoms with Gasteiger partial charge in [0.05, 0.1) is 5.69 Å². The third kappa shape index (κ3) is 4.20. The van der Waals surface area contributed by atoms with Crippen molar-refractivity contribution in [1.29, 1.82) is 0 Å². The van der Waals surface area contributed by atoms with Crippen LogP contribution in [-0.2, 0) is 6.54 Å². The summed E-state index contributed by atoms with van der Waals surface area (Å²) < 4.78 is 0. The van der Waals surface area contributed by atoms with E-state index in [-0.39, 0.29) is 0 Å². The first-order valence-electron chi connectivity index (χ1n) is 11.1. The van der Waals surface area contributed by atoms with Crippen LogP contribution in [0.3, 0.4) is 0 Å². The van der Waals surface area contributed by atoms with E-state index in [0.29, 0.717) is 6.54 Å². The third-order valence-corrected chi connectivity index (χ3v) is 6.09. The average Bonchev–Trinajstić information content (AvgIpc) is 2.76. The minimum absolute atomic E-state index is 0.646. The zero-order valence-corrected chi connectivity index (χ0v) is 19.2. The molecule has 0 atom stereocenters. The molecule has 1 aromatic carbocycles. The number of likely N-dealkylation sites (N-methyl/N-ethyl adjacent to an activating group) is 1. The van der Waals surface area contributed by atoms with Gasteiger partial charge in [-0.3, -0.25) is 0 Å². The molecule has 0 unspecified atom stereocenters. The van der Waals surface area contributed by atoms with Gasteiger partial charge in [0.25, 0.3) is 0 Å². The van der Waals surface area contributed by atoms with Crippen molar-refractivity contribution in [2.45, 2.75) is 53.0 Å². The molecule has 0 saturated heterocycles. The molecule has 2 heterocycles. The number of fused-ring (bicyclic) bond motifs is 1. The van der Waals surface area contributed by atoms with Gasteiger partial charge < -0.3 is 10.2 Å². The fourth-order valence-corrected chi connectivity index (χ4v) is 4.37. The third-order valence-electron chi connectivity index (χ3n) is 6.09. The van der Waals surface area contributed by atoms with Gasteiger partial charge in [-0.15, -0.1) is 0 Å². The van der Waals surface area contributed by atoms with Gasteiger partial charge in [-0.05, 0) is 86.4 Å². The van der Waals surface area contributed by atoms with E-state index in [4.69, 9.17) is 4.99 Å². The highest BCUT2D eigenvalue weighted by molar-refractivity contribution is 6.07. The van der Waals surface area contributed by atoms with Crippen LogP contribution in [-0.4, -0.2) is 22.8 Å². The number of hydrogen-bond donors (Lipinski definition) is 1. The van der Waals surface area contributed by atoms with Crippen molar-refractivity contribution < 1.29 is 0 Å². The van der Waals surface area contributed by atoms with Crippen LogP contribution in [0.15, 0.2) is 54.2 Å². The first kappa shape index (κ1) is 21.1. The summed E-state index contributed by atoms with van der Waals surface area (Å²) in [6.45, 7) is 15.4. The zero-order valence-electron chi connectivity index (χ0n) is 19.2. The summed E-state index contributed by atoms with van der Waals surface area (Å²) in [4.78, 5) is 11.9. The topological polar surface area (TPSA) is 40.5 Å². The SMILES string of the molecule is C=C(C)c1cc(C)cnc1NCc1cc(C)cc2c1N=C(C1=CCCCC1)N(C)C2=C. The number of hydrogen-bond acceptors (Lipinski definition) is 4. The van der Waals surface area contributed by atoms with Gasteiger partial charge in [-0.1, -0.05) is 25.3 Å². The summed E-state index contributed by atoms with van der Waals surface area (Å²) >= 11 is 0. The largest absolute Gasteiger partial charge is 0.365 e. The Labute approximate surface area is 186 Å². The lowest BCUT2D eigenvalue weighted by Crippen LogP contribution is -2.30. The highest BCUT2D eigenvalue weighted by Gasteiger charge is 2.26. The number of amidine groups is 1. The molecule has 1 aliphatic heterocycles. The van der Waals surface area contributed by atoms with Crippen molar-refractivity contribution in [2.75, 3.05) is 12.4 Å². The molecule has 0 fully saturated rings.